The minimum Gasteiger partial charge on any atom is -0.484 e. The third kappa shape index (κ3) is 3.80. The highest BCUT2D eigenvalue weighted by Gasteiger charge is 2.20. The highest BCUT2D eigenvalue weighted by Crippen LogP contribution is 2.20. The summed E-state index contributed by atoms with van der Waals surface area (Å²) in [5.41, 5.74) is 0.992. The number of hydrogen-bond acceptors (Lipinski definition) is 5. The van der Waals surface area contributed by atoms with Gasteiger partial charge in [-0.1, -0.05) is 6.92 Å². The highest BCUT2D eigenvalue weighted by molar-refractivity contribution is 7.09. The third-order valence-electron chi connectivity index (χ3n) is 3.17. The number of ether oxygens (including phenoxy) is 1. The summed E-state index contributed by atoms with van der Waals surface area (Å²) in [6.45, 7) is 4.45. The van der Waals surface area contributed by atoms with Gasteiger partial charge in [0.15, 0.2) is 5.75 Å². The smallest absolute Gasteiger partial charge is 0.157 e. The van der Waals surface area contributed by atoms with Gasteiger partial charge < -0.3 is 10.1 Å². The maximum absolute atomic E-state index is 5.71. The van der Waals surface area contributed by atoms with Crippen LogP contribution in [-0.4, -0.2) is 20.8 Å². The number of hydrogen-bond donors (Lipinski definition) is 1. The van der Waals surface area contributed by atoms with Gasteiger partial charge in [0.05, 0.1) is 18.1 Å². The van der Waals surface area contributed by atoms with Crippen LogP contribution >= 0.6 is 11.3 Å². The van der Waals surface area contributed by atoms with E-state index >= 15 is 0 Å². The highest BCUT2D eigenvalue weighted by atomic mass is 32.1. The monoisotopic (exact) mass is 292 g/mol. The van der Waals surface area contributed by atoms with Gasteiger partial charge in [-0.25, -0.2) is 4.98 Å². The van der Waals surface area contributed by atoms with Crippen LogP contribution in [-0.2, 0) is 19.7 Å². The average molecular weight is 292 g/mol. The van der Waals surface area contributed by atoms with Crippen LogP contribution in [0.25, 0.3) is 0 Å². The largest absolute Gasteiger partial charge is 0.484 e. The summed E-state index contributed by atoms with van der Waals surface area (Å²) < 4.78 is 7.61. The fourth-order valence-corrected chi connectivity index (χ4v) is 2.67. The Morgan fingerprint density at radius 3 is 3.20 bits per heavy atom. The Morgan fingerprint density at radius 1 is 1.50 bits per heavy atom. The van der Waals surface area contributed by atoms with Crippen molar-refractivity contribution in [3.8, 4) is 5.75 Å². The van der Waals surface area contributed by atoms with E-state index in [0.29, 0.717) is 6.61 Å². The van der Waals surface area contributed by atoms with Crippen LogP contribution in [0.5, 0.6) is 5.75 Å². The molecule has 0 saturated heterocycles. The second-order valence-corrected chi connectivity index (χ2v) is 6.06. The second-order valence-electron chi connectivity index (χ2n) is 5.12. The molecule has 1 saturated carbocycles. The first kappa shape index (κ1) is 13.6. The lowest BCUT2D eigenvalue weighted by Gasteiger charge is -2.00. The van der Waals surface area contributed by atoms with Crippen molar-refractivity contribution in [3.63, 3.8) is 0 Å². The first-order valence-electron chi connectivity index (χ1n) is 7.15. The van der Waals surface area contributed by atoms with E-state index in [1.807, 2.05) is 10.9 Å². The van der Waals surface area contributed by atoms with Crippen molar-refractivity contribution in [2.75, 3.05) is 0 Å². The number of aromatic nitrogens is 3. The Kier molecular flexibility index (Phi) is 4.32. The zero-order valence-electron chi connectivity index (χ0n) is 11.7. The lowest BCUT2D eigenvalue weighted by Crippen LogP contribution is -2.15. The molecule has 20 heavy (non-hydrogen) atoms. The summed E-state index contributed by atoms with van der Waals surface area (Å²) in [4.78, 5) is 4.57. The standard InChI is InChI=1S/C14H20N4OS/c1-2-5-18-8-13(6-16-18)19-9-12-10-20-14(17-12)7-15-11-3-4-11/h6,8,10-11,15H,2-5,7,9H2,1H3. The van der Waals surface area contributed by atoms with Gasteiger partial charge in [-0.05, 0) is 19.3 Å². The molecule has 6 heteroatoms. The summed E-state index contributed by atoms with van der Waals surface area (Å²) in [5, 5.41) is 10.9. The molecule has 0 spiro atoms. The van der Waals surface area contributed by atoms with Crippen LogP contribution in [0.1, 0.15) is 36.9 Å². The quantitative estimate of drug-likeness (QED) is 0.812. The molecule has 2 aromatic rings. The number of nitrogens with zero attached hydrogens (tertiary/aromatic N) is 3. The topological polar surface area (TPSA) is 52.0 Å². The van der Waals surface area contributed by atoms with Crippen LogP contribution < -0.4 is 10.1 Å². The van der Waals surface area contributed by atoms with Crippen molar-refractivity contribution in [1.82, 2.24) is 20.1 Å². The molecule has 2 heterocycles. The van der Waals surface area contributed by atoms with Gasteiger partial charge in [0.2, 0.25) is 0 Å². The molecule has 0 radical (unpaired) electrons. The molecular formula is C14H20N4OS. The van der Waals surface area contributed by atoms with E-state index in [4.69, 9.17) is 4.74 Å². The van der Waals surface area contributed by atoms with Crippen molar-refractivity contribution in [1.29, 1.82) is 0 Å². The van der Waals surface area contributed by atoms with E-state index in [0.717, 1.165) is 42.0 Å². The molecule has 108 valence electrons. The molecule has 0 atom stereocenters. The number of nitrogens with one attached hydrogen (secondary N) is 1. The number of aryl methyl sites for hydroxylation is 1. The molecular weight excluding hydrogens is 272 g/mol. The maximum atomic E-state index is 5.71. The van der Waals surface area contributed by atoms with E-state index < -0.39 is 0 Å². The number of thiazole rings is 1. The van der Waals surface area contributed by atoms with Crippen LogP contribution in [0.4, 0.5) is 0 Å². The van der Waals surface area contributed by atoms with Crippen LogP contribution in [0.2, 0.25) is 0 Å². The molecule has 0 bridgehead atoms. The summed E-state index contributed by atoms with van der Waals surface area (Å²) in [7, 11) is 0. The molecule has 3 rings (SSSR count). The molecule has 1 aliphatic rings. The molecule has 1 N–H and O–H groups in total. The first-order valence-corrected chi connectivity index (χ1v) is 8.03. The number of rotatable bonds is 8. The van der Waals surface area contributed by atoms with Crippen molar-refractivity contribution in [2.45, 2.75) is 51.9 Å². The minimum atomic E-state index is 0.512. The average Bonchev–Trinajstić information content (AvgIpc) is 2.98. The normalized spacial score (nSPS) is 14.7. The molecule has 2 aromatic heterocycles. The van der Waals surface area contributed by atoms with Crippen molar-refractivity contribution in [2.24, 2.45) is 0 Å². The minimum absolute atomic E-state index is 0.512. The summed E-state index contributed by atoms with van der Waals surface area (Å²) >= 11 is 1.69. The fourth-order valence-electron chi connectivity index (χ4n) is 1.94. The van der Waals surface area contributed by atoms with E-state index in [1.54, 1.807) is 17.5 Å². The van der Waals surface area contributed by atoms with Gasteiger partial charge in [0, 0.05) is 24.5 Å². The van der Waals surface area contributed by atoms with Crippen molar-refractivity contribution >= 4 is 11.3 Å². The second kappa shape index (κ2) is 6.37. The van der Waals surface area contributed by atoms with E-state index in [-0.39, 0.29) is 0 Å². The Bertz CT molecular complexity index is 547. The molecule has 1 aliphatic carbocycles. The predicted octanol–water partition coefficient (Wildman–Crippen LogP) is 2.58. The molecule has 0 aliphatic heterocycles. The van der Waals surface area contributed by atoms with Gasteiger partial charge in [-0.2, -0.15) is 5.10 Å². The van der Waals surface area contributed by atoms with Gasteiger partial charge in [-0.3, -0.25) is 4.68 Å². The summed E-state index contributed by atoms with van der Waals surface area (Å²) in [5.74, 6) is 0.809. The third-order valence-corrected chi connectivity index (χ3v) is 4.07. The van der Waals surface area contributed by atoms with Crippen molar-refractivity contribution in [3.05, 3.63) is 28.5 Å². The van der Waals surface area contributed by atoms with Crippen molar-refractivity contribution < 1.29 is 4.74 Å². The maximum Gasteiger partial charge on any atom is 0.157 e. The Labute approximate surface area is 123 Å². The van der Waals surface area contributed by atoms with Gasteiger partial charge in [0.1, 0.15) is 11.6 Å². The molecule has 0 amide bonds. The van der Waals surface area contributed by atoms with E-state index in [2.05, 4.69) is 27.7 Å². The van der Waals surface area contributed by atoms with Crippen LogP contribution in [0.15, 0.2) is 17.8 Å². The van der Waals surface area contributed by atoms with Crippen LogP contribution in [0, 0.1) is 0 Å². The Balaban J connectivity index is 1.46. The van der Waals surface area contributed by atoms with E-state index in [1.165, 1.54) is 12.8 Å². The Hall–Kier alpha value is -1.40. The lowest BCUT2D eigenvalue weighted by molar-refractivity contribution is 0.301. The molecule has 1 fully saturated rings. The molecule has 5 nitrogen and oxygen atoms in total. The SMILES string of the molecule is CCCn1cc(OCc2csc(CNC3CC3)n2)cn1. The van der Waals surface area contributed by atoms with Gasteiger partial charge in [0.25, 0.3) is 0 Å². The van der Waals surface area contributed by atoms with E-state index in [9.17, 15) is 0 Å². The van der Waals surface area contributed by atoms with Crippen LogP contribution in [0.3, 0.4) is 0 Å². The zero-order chi connectivity index (χ0) is 13.8. The fraction of sp³-hybridized carbons (Fsp3) is 0.571. The Morgan fingerprint density at radius 2 is 2.40 bits per heavy atom. The molecule has 0 unspecified atom stereocenters. The first-order chi connectivity index (χ1) is 9.83. The molecule has 0 aromatic carbocycles. The zero-order valence-corrected chi connectivity index (χ0v) is 12.5. The predicted molar refractivity (Wildman–Crippen MR) is 78.8 cm³/mol. The summed E-state index contributed by atoms with van der Waals surface area (Å²) in [6.07, 6.45) is 7.39. The summed E-state index contributed by atoms with van der Waals surface area (Å²) in [6, 6.07) is 0.725. The lowest BCUT2D eigenvalue weighted by atomic mass is 10.5. The van der Waals surface area contributed by atoms with Gasteiger partial charge >= 0.3 is 0 Å². The van der Waals surface area contributed by atoms with Gasteiger partial charge in [-0.15, -0.1) is 11.3 Å².